The number of hydrogen-bond acceptors (Lipinski definition) is 3. The molecular formula is C19H23NO3. The molecule has 0 bridgehead atoms. The Kier molecular flexibility index (Phi) is 4.08. The monoisotopic (exact) mass is 313 g/mol. The second-order valence-corrected chi connectivity index (χ2v) is 6.96. The third-order valence-corrected chi connectivity index (χ3v) is 5.05. The third-order valence-electron chi connectivity index (χ3n) is 5.05. The summed E-state index contributed by atoms with van der Waals surface area (Å²) in [5.74, 6) is 6.16. The number of benzene rings is 1. The molecule has 3 rings (SSSR count). The molecule has 0 atom stereocenters. The lowest BCUT2D eigenvalue weighted by Gasteiger charge is -2.54. The quantitative estimate of drug-likeness (QED) is 0.749. The molecule has 1 N–H and O–H groups in total. The highest BCUT2D eigenvalue weighted by molar-refractivity contribution is 5.67. The van der Waals surface area contributed by atoms with Crippen molar-refractivity contribution in [1.82, 2.24) is 4.90 Å². The minimum atomic E-state index is -0.878. The summed E-state index contributed by atoms with van der Waals surface area (Å²) in [5, 5.41) is 10.6. The number of rotatable bonds is 0. The van der Waals surface area contributed by atoms with Gasteiger partial charge in [-0.2, -0.15) is 0 Å². The number of methoxy groups -OCH3 is 1. The van der Waals surface area contributed by atoms with Crippen LogP contribution < -0.4 is 0 Å². The van der Waals surface area contributed by atoms with Gasteiger partial charge in [0.05, 0.1) is 7.11 Å². The van der Waals surface area contributed by atoms with Crippen LogP contribution in [-0.2, 0) is 4.74 Å². The van der Waals surface area contributed by atoms with Crippen molar-refractivity contribution < 1.29 is 14.6 Å². The fourth-order valence-corrected chi connectivity index (χ4v) is 3.83. The molecule has 1 saturated carbocycles. The SMILES string of the molecule is COC(=O)N1CCC2(CC1)CC(O)(C#Cc1cccc(C)c1)C2. The van der Waals surface area contributed by atoms with E-state index in [0.717, 1.165) is 18.4 Å². The Bertz CT molecular complexity index is 655. The van der Waals surface area contributed by atoms with Gasteiger partial charge in [-0.15, -0.1) is 0 Å². The Morgan fingerprint density at radius 1 is 1.30 bits per heavy atom. The number of aryl methyl sites for hydroxylation is 1. The van der Waals surface area contributed by atoms with Gasteiger partial charge in [0.2, 0.25) is 0 Å². The van der Waals surface area contributed by atoms with E-state index in [4.69, 9.17) is 4.74 Å². The highest BCUT2D eigenvalue weighted by Crippen LogP contribution is 2.54. The molecule has 4 nitrogen and oxygen atoms in total. The maximum absolute atomic E-state index is 11.5. The maximum atomic E-state index is 11.5. The highest BCUT2D eigenvalue weighted by Gasteiger charge is 2.54. The first kappa shape index (κ1) is 15.9. The number of amides is 1. The summed E-state index contributed by atoms with van der Waals surface area (Å²) < 4.78 is 4.76. The molecule has 2 fully saturated rings. The summed E-state index contributed by atoms with van der Waals surface area (Å²) in [6.07, 6.45) is 2.98. The molecule has 0 aromatic heterocycles. The second-order valence-electron chi connectivity index (χ2n) is 6.96. The molecular weight excluding hydrogens is 290 g/mol. The molecule has 4 heteroatoms. The van der Waals surface area contributed by atoms with Crippen molar-refractivity contribution in [3.63, 3.8) is 0 Å². The minimum Gasteiger partial charge on any atom is -0.453 e. The van der Waals surface area contributed by atoms with E-state index in [1.165, 1.54) is 12.7 Å². The summed E-state index contributed by atoms with van der Waals surface area (Å²) >= 11 is 0. The van der Waals surface area contributed by atoms with Crippen molar-refractivity contribution >= 4 is 6.09 Å². The zero-order valence-electron chi connectivity index (χ0n) is 13.8. The summed E-state index contributed by atoms with van der Waals surface area (Å²) in [4.78, 5) is 13.3. The number of aliphatic hydroxyl groups is 1. The van der Waals surface area contributed by atoms with Crippen LogP contribution in [-0.4, -0.2) is 41.9 Å². The molecule has 0 radical (unpaired) electrons. The molecule has 1 heterocycles. The first-order valence-corrected chi connectivity index (χ1v) is 8.09. The molecule has 0 unspecified atom stereocenters. The van der Waals surface area contributed by atoms with Crippen LogP contribution in [0, 0.1) is 24.2 Å². The molecule has 1 aromatic carbocycles. The molecule has 1 saturated heterocycles. The molecule has 1 amide bonds. The van der Waals surface area contributed by atoms with E-state index in [1.54, 1.807) is 4.90 Å². The molecule has 2 aliphatic rings. The van der Waals surface area contributed by atoms with Crippen LogP contribution >= 0.6 is 0 Å². The first-order chi connectivity index (χ1) is 10.9. The number of carbonyl (C=O) groups is 1. The van der Waals surface area contributed by atoms with Gasteiger partial charge >= 0.3 is 6.09 Å². The Hall–Kier alpha value is -1.99. The molecule has 1 aromatic rings. The Morgan fingerprint density at radius 3 is 2.61 bits per heavy atom. The van der Waals surface area contributed by atoms with Crippen molar-refractivity contribution in [3.05, 3.63) is 35.4 Å². The number of likely N-dealkylation sites (tertiary alicyclic amines) is 1. The van der Waals surface area contributed by atoms with Crippen molar-refractivity contribution in [2.24, 2.45) is 5.41 Å². The van der Waals surface area contributed by atoms with Gasteiger partial charge in [0.25, 0.3) is 0 Å². The summed E-state index contributed by atoms with van der Waals surface area (Å²) in [7, 11) is 1.41. The molecule has 1 aliphatic heterocycles. The van der Waals surface area contributed by atoms with Crippen LogP contribution in [0.5, 0.6) is 0 Å². The van der Waals surface area contributed by atoms with E-state index >= 15 is 0 Å². The van der Waals surface area contributed by atoms with Gasteiger partial charge in [0.1, 0.15) is 5.60 Å². The van der Waals surface area contributed by atoms with Gasteiger partial charge in [-0.05, 0) is 55.7 Å². The zero-order valence-corrected chi connectivity index (χ0v) is 13.8. The van der Waals surface area contributed by atoms with E-state index in [1.807, 2.05) is 31.2 Å². The topological polar surface area (TPSA) is 49.8 Å². The number of carbonyl (C=O) groups excluding carboxylic acids is 1. The van der Waals surface area contributed by atoms with Gasteiger partial charge < -0.3 is 14.7 Å². The van der Waals surface area contributed by atoms with Crippen molar-refractivity contribution in [3.8, 4) is 11.8 Å². The fourth-order valence-electron chi connectivity index (χ4n) is 3.83. The Morgan fingerprint density at radius 2 is 2.00 bits per heavy atom. The Balaban J connectivity index is 1.59. The van der Waals surface area contributed by atoms with Crippen molar-refractivity contribution in [2.45, 2.75) is 38.2 Å². The van der Waals surface area contributed by atoms with Gasteiger partial charge in [0, 0.05) is 18.7 Å². The standard InChI is InChI=1S/C19H23NO3/c1-15-4-3-5-16(12-15)6-7-19(22)13-18(14-19)8-10-20(11-9-18)17(21)23-2/h3-5,12,22H,8-11,13-14H2,1-2H3. The zero-order chi connectivity index (χ0) is 16.5. The van der Waals surface area contributed by atoms with Crippen LogP contribution in [0.4, 0.5) is 4.79 Å². The van der Waals surface area contributed by atoms with E-state index in [-0.39, 0.29) is 11.5 Å². The van der Waals surface area contributed by atoms with Gasteiger partial charge in [0.15, 0.2) is 0 Å². The van der Waals surface area contributed by atoms with Gasteiger partial charge in [-0.1, -0.05) is 24.0 Å². The van der Waals surface area contributed by atoms with E-state index in [9.17, 15) is 9.90 Å². The first-order valence-electron chi connectivity index (χ1n) is 8.09. The Labute approximate surface area is 137 Å². The summed E-state index contributed by atoms with van der Waals surface area (Å²) in [6.45, 7) is 3.44. The highest BCUT2D eigenvalue weighted by atomic mass is 16.5. The summed E-state index contributed by atoms with van der Waals surface area (Å²) in [5.41, 5.74) is 1.38. The lowest BCUT2D eigenvalue weighted by molar-refractivity contribution is -0.109. The van der Waals surface area contributed by atoms with Crippen molar-refractivity contribution in [1.29, 1.82) is 0 Å². The normalized spacial score (nSPS) is 21.1. The third kappa shape index (κ3) is 3.35. The van der Waals surface area contributed by atoms with Crippen LogP contribution in [0.1, 0.15) is 36.8 Å². The van der Waals surface area contributed by atoms with Crippen LogP contribution in [0.3, 0.4) is 0 Å². The maximum Gasteiger partial charge on any atom is 0.409 e. The largest absolute Gasteiger partial charge is 0.453 e. The lowest BCUT2D eigenvalue weighted by atomic mass is 9.55. The number of piperidine rings is 1. The average molecular weight is 313 g/mol. The predicted molar refractivity (Wildman–Crippen MR) is 87.9 cm³/mol. The van der Waals surface area contributed by atoms with E-state index in [0.29, 0.717) is 25.9 Å². The number of ether oxygens (including phenoxy) is 1. The van der Waals surface area contributed by atoms with Crippen molar-refractivity contribution in [2.75, 3.05) is 20.2 Å². The van der Waals surface area contributed by atoms with Crippen LogP contribution in [0.25, 0.3) is 0 Å². The van der Waals surface area contributed by atoms with Gasteiger partial charge in [-0.3, -0.25) is 0 Å². The van der Waals surface area contributed by atoms with E-state index < -0.39 is 5.60 Å². The second kappa shape index (κ2) is 5.90. The minimum absolute atomic E-state index is 0.139. The van der Waals surface area contributed by atoms with Gasteiger partial charge in [-0.25, -0.2) is 4.79 Å². The van der Waals surface area contributed by atoms with Crippen LogP contribution in [0.2, 0.25) is 0 Å². The smallest absolute Gasteiger partial charge is 0.409 e. The van der Waals surface area contributed by atoms with Crippen LogP contribution in [0.15, 0.2) is 24.3 Å². The predicted octanol–water partition coefficient (Wildman–Crippen LogP) is 2.72. The molecule has 1 spiro atoms. The molecule has 23 heavy (non-hydrogen) atoms. The average Bonchev–Trinajstić information content (AvgIpc) is 2.52. The lowest BCUT2D eigenvalue weighted by Crippen LogP contribution is -2.56. The summed E-state index contributed by atoms with van der Waals surface area (Å²) in [6, 6.07) is 8.01. The molecule has 1 aliphatic carbocycles. The number of nitrogens with zero attached hydrogens (tertiary/aromatic N) is 1. The molecule has 122 valence electrons. The number of hydrogen-bond donors (Lipinski definition) is 1. The fraction of sp³-hybridized carbons (Fsp3) is 0.526. The van der Waals surface area contributed by atoms with E-state index in [2.05, 4.69) is 11.8 Å².